The van der Waals surface area contributed by atoms with Crippen molar-refractivity contribution in [2.24, 2.45) is 5.73 Å². The van der Waals surface area contributed by atoms with E-state index in [1.165, 1.54) is 257 Å². The second kappa shape index (κ2) is 53.5. The topological polar surface area (TPSA) is 117 Å². The molecule has 0 spiro atoms. The predicted octanol–water partition coefficient (Wildman–Crippen LogP) is 18.0. The molecule has 0 fully saturated rings. The van der Waals surface area contributed by atoms with E-state index >= 15 is 0 Å². The van der Waals surface area contributed by atoms with Crippen LogP contribution in [0.1, 0.15) is 309 Å². The molecule has 3 N–H and O–H groups in total. The van der Waals surface area contributed by atoms with E-state index in [1.807, 2.05) is 0 Å². The van der Waals surface area contributed by atoms with Gasteiger partial charge in [-0.25, -0.2) is 4.57 Å². The maximum absolute atomic E-state index is 12.7. The van der Waals surface area contributed by atoms with Crippen LogP contribution in [0.5, 0.6) is 0 Å². The van der Waals surface area contributed by atoms with Gasteiger partial charge in [0, 0.05) is 19.6 Å². The lowest BCUT2D eigenvalue weighted by atomic mass is 10.0. The molecular formula is C55H112NO7P. The summed E-state index contributed by atoms with van der Waals surface area (Å²) in [5.41, 5.74) is 5.39. The number of ether oxygens (including phenoxy) is 2. The number of rotatable bonds is 56. The van der Waals surface area contributed by atoms with Crippen LogP contribution in [-0.2, 0) is 27.9 Å². The lowest BCUT2D eigenvalue weighted by Gasteiger charge is -2.20. The van der Waals surface area contributed by atoms with Gasteiger partial charge in [-0.05, 0) is 12.8 Å². The Labute approximate surface area is 399 Å². The van der Waals surface area contributed by atoms with Gasteiger partial charge in [-0.1, -0.05) is 290 Å². The molecule has 0 saturated heterocycles. The molecule has 64 heavy (non-hydrogen) atoms. The molecule has 0 aromatic carbocycles. The molecule has 0 aliphatic heterocycles. The molecule has 0 aliphatic rings. The second-order valence-electron chi connectivity index (χ2n) is 19.5. The van der Waals surface area contributed by atoms with Gasteiger partial charge < -0.3 is 20.1 Å². The van der Waals surface area contributed by atoms with Crippen molar-refractivity contribution in [1.29, 1.82) is 0 Å². The van der Waals surface area contributed by atoms with Crippen LogP contribution in [-0.4, -0.2) is 49.9 Å². The van der Waals surface area contributed by atoms with Crippen molar-refractivity contribution >= 4 is 13.8 Å². The Balaban J connectivity index is 3.72. The number of unbranched alkanes of at least 4 members (excludes halogenated alkanes) is 43. The maximum Gasteiger partial charge on any atom is 0.472 e. The summed E-state index contributed by atoms with van der Waals surface area (Å²) in [6.45, 7) is 5.01. The van der Waals surface area contributed by atoms with Gasteiger partial charge in [-0.3, -0.25) is 13.8 Å². The van der Waals surface area contributed by atoms with E-state index in [9.17, 15) is 14.3 Å². The van der Waals surface area contributed by atoms with E-state index in [1.54, 1.807) is 0 Å². The molecule has 0 bridgehead atoms. The number of phosphoric ester groups is 1. The normalized spacial score (nSPS) is 13.1. The first kappa shape index (κ1) is 63.5. The van der Waals surface area contributed by atoms with E-state index in [0.29, 0.717) is 13.0 Å². The summed E-state index contributed by atoms with van der Waals surface area (Å²) in [5, 5.41) is 0. The summed E-state index contributed by atoms with van der Waals surface area (Å²) in [5.74, 6) is -0.320. The molecule has 2 atom stereocenters. The van der Waals surface area contributed by atoms with Gasteiger partial charge in [0.2, 0.25) is 0 Å². The monoisotopic (exact) mass is 930 g/mol. The van der Waals surface area contributed by atoms with Gasteiger partial charge in [-0.15, -0.1) is 0 Å². The minimum absolute atomic E-state index is 0.0897. The Bertz CT molecular complexity index is 955. The Morgan fingerprint density at radius 2 is 0.688 bits per heavy atom. The fourth-order valence-electron chi connectivity index (χ4n) is 8.83. The number of nitrogens with two attached hydrogens (primary N) is 1. The zero-order chi connectivity index (χ0) is 46.5. The Kier molecular flexibility index (Phi) is 53.0. The summed E-state index contributed by atoms with van der Waals surface area (Å²) >= 11 is 0. The van der Waals surface area contributed by atoms with Crippen LogP contribution in [0.3, 0.4) is 0 Å². The third kappa shape index (κ3) is 52.5. The molecule has 0 saturated carbocycles. The first-order valence-electron chi connectivity index (χ1n) is 28.5. The van der Waals surface area contributed by atoms with Gasteiger partial charge >= 0.3 is 13.8 Å². The van der Waals surface area contributed by atoms with Gasteiger partial charge in [-0.2, -0.15) is 0 Å². The Hall–Kier alpha value is -0.500. The first-order chi connectivity index (χ1) is 31.4. The van der Waals surface area contributed by atoms with Crippen molar-refractivity contribution < 1.29 is 32.8 Å². The molecule has 0 rings (SSSR count). The fraction of sp³-hybridized carbons (Fsp3) is 0.982. The Morgan fingerprint density at radius 1 is 0.406 bits per heavy atom. The number of carbonyl (C=O) groups is 1. The average molecular weight is 930 g/mol. The molecule has 384 valence electrons. The van der Waals surface area contributed by atoms with Crippen molar-refractivity contribution in [1.82, 2.24) is 0 Å². The van der Waals surface area contributed by atoms with Gasteiger partial charge in [0.05, 0.1) is 19.8 Å². The lowest BCUT2D eigenvalue weighted by Crippen LogP contribution is -2.28. The smallest absolute Gasteiger partial charge is 0.457 e. The minimum atomic E-state index is -4.27. The lowest BCUT2D eigenvalue weighted by molar-refractivity contribution is -0.154. The molecule has 1 unspecified atom stereocenters. The van der Waals surface area contributed by atoms with Crippen LogP contribution in [0.15, 0.2) is 0 Å². The maximum atomic E-state index is 12.7. The molecular weight excluding hydrogens is 818 g/mol. The van der Waals surface area contributed by atoms with Crippen LogP contribution in [0.25, 0.3) is 0 Å². The van der Waals surface area contributed by atoms with Crippen LogP contribution in [0, 0.1) is 0 Å². The van der Waals surface area contributed by atoms with Crippen molar-refractivity contribution in [3.63, 3.8) is 0 Å². The summed E-state index contributed by atoms with van der Waals surface area (Å²) in [6.07, 6.45) is 60.3. The molecule has 0 aliphatic carbocycles. The van der Waals surface area contributed by atoms with Crippen LogP contribution >= 0.6 is 7.82 Å². The minimum Gasteiger partial charge on any atom is -0.457 e. The summed E-state index contributed by atoms with van der Waals surface area (Å²) in [4.78, 5) is 22.6. The number of carbonyl (C=O) groups excluding carboxylic acids is 1. The standard InChI is InChI=1S/C55H112NO7P/c1-3-5-7-9-11-13-15-17-19-20-21-22-23-24-25-26-27-28-29-30-31-32-33-34-35-36-38-40-42-44-46-48-55(57)63-54(53-62-64(58,59)61-51-49-56)52-60-50-47-45-43-41-39-37-18-16-14-12-10-8-6-4-2/h54H,3-53,56H2,1-2H3,(H,58,59)/t54-/m1/s1. The third-order valence-electron chi connectivity index (χ3n) is 13.0. The summed E-state index contributed by atoms with van der Waals surface area (Å²) in [7, 11) is -4.27. The van der Waals surface area contributed by atoms with E-state index in [-0.39, 0.29) is 32.3 Å². The zero-order valence-corrected chi connectivity index (χ0v) is 44.0. The second-order valence-corrected chi connectivity index (χ2v) is 21.0. The van der Waals surface area contributed by atoms with E-state index in [4.69, 9.17) is 24.3 Å². The van der Waals surface area contributed by atoms with Gasteiger partial charge in [0.15, 0.2) is 0 Å². The van der Waals surface area contributed by atoms with Gasteiger partial charge in [0.1, 0.15) is 6.10 Å². The van der Waals surface area contributed by atoms with Crippen LogP contribution in [0.2, 0.25) is 0 Å². The molecule has 8 nitrogen and oxygen atoms in total. The molecule has 0 radical (unpaired) electrons. The third-order valence-corrected chi connectivity index (χ3v) is 14.0. The highest BCUT2D eigenvalue weighted by molar-refractivity contribution is 7.47. The Morgan fingerprint density at radius 3 is 0.984 bits per heavy atom. The fourth-order valence-corrected chi connectivity index (χ4v) is 9.59. The number of hydrogen-bond acceptors (Lipinski definition) is 7. The van der Waals surface area contributed by atoms with E-state index < -0.39 is 13.9 Å². The van der Waals surface area contributed by atoms with Crippen molar-refractivity contribution in [2.75, 3.05) is 33.0 Å². The van der Waals surface area contributed by atoms with Crippen molar-refractivity contribution in [3.8, 4) is 0 Å². The van der Waals surface area contributed by atoms with Gasteiger partial charge in [0.25, 0.3) is 0 Å². The highest BCUT2D eigenvalue weighted by Gasteiger charge is 2.25. The quantitative estimate of drug-likeness (QED) is 0.0352. The highest BCUT2D eigenvalue weighted by atomic mass is 31.2. The SMILES string of the molecule is CCCCCCCCCCCCCCCCCCCCCCCCCCCCCCCCCC(=O)O[C@H](COCCCCCCCCCCCCCCCC)COP(=O)(O)OCCN. The molecule has 0 aromatic heterocycles. The number of hydrogen-bond donors (Lipinski definition) is 2. The van der Waals surface area contributed by atoms with E-state index in [2.05, 4.69) is 13.8 Å². The molecule has 9 heteroatoms. The highest BCUT2D eigenvalue weighted by Crippen LogP contribution is 2.43. The predicted molar refractivity (Wildman–Crippen MR) is 275 cm³/mol. The van der Waals surface area contributed by atoms with Crippen molar-refractivity contribution in [2.45, 2.75) is 315 Å². The van der Waals surface area contributed by atoms with Crippen LogP contribution in [0.4, 0.5) is 0 Å². The molecule has 0 heterocycles. The number of phosphoric acid groups is 1. The molecule has 0 aromatic rings. The number of esters is 1. The summed E-state index contributed by atoms with van der Waals surface area (Å²) in [6, 6.07) is 0. The average Bonchev–Trinajstić information content (AvgIpc) is 3.29. The summed E-state index contributed by atoms with van der Waals surface area (Å²) < 4.78 is 33.6. The largest absolute Gasteiger partial charge is 0.472 e. The molecule has 0 amide bonds. The van der Waals surface area contributed by atoms with Crippen molar-refractivity contribution in [3.05, 3.63) is 0 Å². The van der Waals surface area contributed by atoms with E-state index in [0.717, 1.165) is 32.1 Å². The van der Waals surface area contributed by atoms with Crippen LogP contribution < -0.4 is 5.73 Å². The first-order valence-corrected chi connectivity index (χ1v) is 30.0. The zero-order valence-electron chi connectivity index (χ0n) is 43.1.